The normalized spacial score (nSPS) is 10.7. The van der Waals surface area contributed by atoms with Gasteiger partial charge in [-0.05, 0) is 26.0 Å². The zero-order valence-electron chi connectivity index (χ0n) is 8.87. The number of nitrogens with zero attached hydrogens (tertiary/aromatic N) is 2. The molecule has 0 saturated carbocycles. The van der Waals surface area contributed by atoms with E-state index in [1.54, 1.807) is 0 Å². The van der Waals surface area contributed by atoms with E-state index in [-0.39, 0.29) is 5.41 Å². The second-order valence-corrected chi connectivity index (χ2v) is 5.15. The monoisotopic (exact) mass is 219 g/mol. The standard InChI is InChI=1S/C11H13N3S/c1-11(2,7-13)8-14-6-10-4-3-9(5-12)15-10/h3-4,14H,6,8H2,1-2H3. The van der Waals surface area contributed by atoms with Crippen molar-refractivity contribution in [3.8, 4) is 12.1 Å². The highest BCUT2D eigenvalue weighted by Crippen LogP contribution is 2.16. The Hall–Kier alpha value is -1.36. The van der Waals surface area contributed by atoms with Crippen molar-refractivity contribution in [2.45, 2.75) is 20.4 Å². The van der Waals surface area contributed by atoms with Gasteiger partial charge in [0.15, 0.2) is 0 Å². The minimum absolute atomic E-state index is 0.338. The van der Waals surface area contributed by atoms with Crippen LogP contribution in [0.3, 0.4) is 0 Å². The van der Waals surface area contributed by atoms with Gasteiger partial charge in [0.2, 0.25) is 0 Å². The van der Waals surface area contributed by atoms with E-state index in [9.17, 15) is 0 Å². The molecule has 0 fully saturated rings. The number of hydrogen-bond donors (Lipinski definition) is 1. The van der Waals surface area contributed by atoms with Crippen LogP contribution in [0.4, 0.5) is 0 Å². The molecule has 0 aliphatic rings. The van der Waals surface area contributed by atoms with Crippen LogP contribution < -0.4 is 5.32 Å². The van der Waals surface area contributed by atoms with Gasteiger partial charge in [-0.25, -0.2) is 0 Å². The van der Waals surface area contributed by atoms with E-state index in [1.807, 2.05) is 26.0 Å². The predicted molar refractivity (Wildman–Crippen MR) is 60.1 cm³/mol. The van der Waals surface area contributed by atoms with Crippen molar-refractivity contribution in [3.63, 3.8) is 0 Å². The molecule has 0 aromatic carbocycles. The van der Waals surface area contributed by atoms with E-state index in [0.29, 0.717) is 6.54 Å². The zero-order valence-corrected chi connectivity index (χ0v) is 9.69. The molecule has 0 saturated heterocycles. The van der Waals surface area contributed by atoms with Crippen LogP contribution in [0.2, 0.25) is 0 Å². The molecule has 1 aromatic heterocycles. The Labute approximate surface area is 94.0 Å². The highest BCUT2D eigenvalue weighted by Gasteiger charge is 2.15. The molecule has 0 bridgehead atoms. The lowest BCUT2D eigenvalue weighted by Gasteiger charge is -2.15. The molecule has 1 rings (SSSR count). The third kappa shape index (κ3) is 3.71. The van der Waals surface area contributed by atoms with Crippen molar-refractivity contribution in [2.75, 3.05) is 6.54 Å². The largest absolute Gasteiger partial charge is 0.310 e. The smallest absolute Gasteiger partial charge is 0.110 e. The fraction of sp³-hybridized carbons (Fsp3) is 0.455. The molecule has 0 spiro atoms. The highest BCUT2D eigenvalue weighted by atomic mass is 32.1. The average molecular weight is 219 g/mol. The van der Waals surface area contributed by atoms with Gasteiger partial charge in [0.05, 0.1) is 11.5 Å². The molecule has 0 aliphatic heterocycles. The van der Waals surface area contributed by atoms with Gasteiger partial charge < -0.3 is 5.32 Å². The number of thiophene rings is 1. The first-order valence-corrected chi connectivity index (χ1v) is 5.50. The fourth-order valence-electron chi connectivity index (χ4n) is 1.07. The molecule has 78 valence electrons. The van der Waals surface area contributed by atoms with Crippen LogP contribution in [-0.2, 0) is 6.54 Å². The Bertz CT molecular complexity index is 406. The summed E-state index contributed by atoms with van der Waals surface area (Å²) < 4.78 is 0. The molecule has 1 heterocycles. The first-order valence-electron chi connectivity index (χ1n) is 4.68. The summed E-state index contributed by atoms with van der Waals surface area (Å²) in [5.41, 5.74) is -0.338. The second kappa shape index (κ2) is 4.93. The first kappa shape index (κ1) is 11.7. The third-order valence-electron chi connectivity index (χ3n) is 1.94. The lowest BCUT2D eigenvalue weighted by atomic mass is 9.96. The van der Waals surface area contributed by atoms with Gasteiger partial charge in [-0.15, -0.1) is 11.3 Å². The van der Waals surface area contributed by atoms with Crippen molar-refractivity contribution in [3.05, 3.63) is 21.9 Å². The Morgan fingerprint density at radius 3 is 2.67 bits per heavy atom. The number of nitriles is 2. The first-order chi connectivity index (χ1) is 7.07. The minimum Gasteiger partial charge on any atom is -0.310 e. The lowest BCUT2D eigenvalue weighted by molar-refractivity contribution is 0.446. The van der Waals surface area contributed by atoms with Gasteiger partial charge in [-0.2, -0.15) is 10.5 Å². The van der Waals surface area contributed by atoms with Crippen LogP contribution in [0, 0.1) is 28.1 Å². The van der Waals surface area contributed by atoms with E-state index >= 15 is 0 Å². The second-order valence-electron chi connectivity index (χ2n) is 3.98. The maximum atomic E-state index is 8.80. The van der Waals surface area contributed by atoms with E-state index in [4.69, 9.17) is 10.5 Å². The van der Waals surface area contributed by atoms with Crippen LogP contribution in [0.15, 0.2) is 12.1 Å². The van der Waals surface area contributed by atoms with E-state index < -0.39 is 0 Å². The summed E-state index contributed by atoms with van der Waals surface area (Å²) in [7, 11) is 0. The van der Waals surface area contributed by atoms with Crippen molar-refractivity contribution in [2.24, 2.45) is 5.41 Å². The van der Waals surface area contributed by atoms with Gasteiger partial charge >= 0.3 is 0 Å². The van der Waals surface area contributed by atoms with E-state index in [2.05, 4.69) is 17.5 Å². The molecule has 0 atom stereocenters. The maximum absolute atomic E-state index is 8.80. The van der Waals surface area contributed by atoms with E-state index in [0.717, 1.165) is 16.3 Å². The van der Waals surface area contributed by atoms with Crippen LogP contribution in [0.1, 0.15) is 23.6 Å². The summed E-state index contributed by atoms with van der Waals surface area (Å²) in [5, 5.41) is 20.7. The Kier molecular flexibility index (Phi) is 3.85. The number of nitrogens with one attached hydrogen (secondary N) is 1. The molecule has 4 heteroatoms. The van der Waals surface area contributed by atoms with Crippen molar-refractivity contribution >= 4 is 11.3 Å². The number of hydrogen-bond acceptors (Lipinski definition) is 4. The fourth-order valence-corrected chi connectivity index (χ4v) is 1.85. The molecule has 0 amide bonds. The summed E-state index contributed by atoms with van der Waals surface area (Å²) in [6, 6.07) is 8.09. The van der Waals surface area contributed by atoms with Crippen molar-refractivity contribution in [1.82, 2.24) is 5.32 Å². The molecule has 15 heavy (non-hydrogen) atoms. The number of rotatable bonds is 4. The molecule has 1 aromatic rings. The van der Waals surface area contributed by atoms with Crippen molar-refractivity contribution < 1.29 is 0 Å². The molecule has 1 N–H and O–H groups in total. The minimum atomic E-state index is -0.338. The van der Waals surface area contributed by atoms with Gasteiger partial charge in [0, 0.05) is 18.0 Å². The third-order valence-corrected chi connectivity index (χ3v) is 2.93. The molecule has 0 radical (unpaired) electrons. The molecule has 0 aliphatic carbocycles. The lowest BCUT2D eigenvalue weighted by Crippen LogP contribution is -2.27. The predicted octanol–water partition coefficient (Wildman–Crippen LogP) is 2.26. The Morgan fingerprint density at radius 1 is 1.40 bits per heavy atom. The Balaban J connectivity index is 2.40. The van der Waals surface area contributed by atoms with E-state index in [1.165, 1.54) is 11.3 Å². The molecule has 0 unspecified atom stereocenters. The van der Waals surface area contributed by atoms with Crippen LogP contribution in [-0.4, -0.2) is 6.54 Å². The topological polar surface area (TPSA) is 59.6 Å². The SMILES string of the molecule is CC(C)(C#N)CNCc1ccc(C#N)s1. The highest BCUT2D eigenvalue weighted by molar-refractivity contribution is 7.12. The summed E-state index contributed by atoms with van der Waals surface area (Å²) in [5.74, 6) is 0. The average Bonchev–Trinajstić information content (AvgIpc) is 2.66. The van der Waals surface area contributed by atoms with Crippen LogP contribution in [0.25, 0.3) is 0 Å². The summed E-state index contributed by atoms with van der Waals surface area (Å²) in [4.78, 5) is 1.85. The van der Waals surface area contributed by atoms with Gasteiger partial charge in [0.1, 0.15) is 10.9 Å². The summed E-state index contributed by atoms with van der Waals surface area (Å²) in [6.45, 7) is 5.17. The Morgan fingerprint density at radius 2 is 2.13 bits per heavy atom. The van der Waals surface area contributed by atoms with Crippen molar-refractivity contribution in [1.29, 1.82) is 10.5 Å². The zero-order chi connectivity index (χ0) is 11.3. The summed E-state index contributed by atoms with van der Waals surface area (Å²) >= 11 is 1.48. The van der Waals surface area contributed by atoms with Gasteiger partial charge in [0.25, 0.3) is 0 Å². The molecular weight excluding hydrogens is 206 g/mol. The van der Waals surface area contributed by atoms with Gasteiger partial charge in [-0.3, -0.25) is 0 Å². The van der Waals surface area contributed by atoms with Crippen LogP contribution >= 0.6 is 11.3 Å². The maximum Gasteiger partial charge on any atom is 0.110 e. The molecule has 3 nitrogen and oxygen atoms in total. The van der Waals surface area contributed by atoms with Gasteiger partial charge in [-0.1, -0.05) is 0 Å². The van der Waals surface area contributed by atoms with Crippen LogP contribution in [0.5, 0.6) is 0 Å². The molecular formula is C11H13N3S. The quantitative estimate of drug-likeness (QED) is 0.845. The summed E-state index contributed by atoms with van der Waals surface area (Å²) in [6.07, 6.45) is 0.